The average Bonchev–Trinajstić information content (AvgIpc) is 2.22. The number of hydrogen-bond donors (Lipinski definition) is 1. The van der Waals surface area contributed by atoms with E-state index in [4.69, 9.17) is 0 Å². The molecule has 0 saturated heterocycles. The van der Waals surface area contributed by atoms with E-state index in [9.17, 15) is 9.18 Å². The Morgan fingerprint density at radius 1 is 1.69 bits per heavy atom. The minimum Gasteiger partial charge on any atom is -0.349 e. The van der Waals surface area contributed by atoms with Gasteiger partial charge in [0.2, 0.25) is 0 Å². The molecule has 0 bridgehead atoms. The second-order valence-electron chi connectivity index (χ2n) is 3.53. The molecule has 0 fully saturated rings. The lowest BCUT2D eigenvalue weighted by Gasteiger charge is -2.11. The van der Waals surface area contributed by atoms with E-state index in [1.54, 1.807) is 12.1 Å². The summed E-state index contributed by atoms with van der Waals surface area (Å²) < 4.78 is 13.5. The fraction of sp³-hybridized carbons (Fsp3) is 0.250. The monoisotopic (exact) mass is 285 g/mol. The molecule has 0 aliphatic rings. The first kappa shape index (κ1) is 12.9. The van der Waals surface area contributed by atoms with Crippen LogP contribution in [0, 0.1) is 5.82 Å². The van der Waals surface area contributed by atoms with Crippen LogP contribution in [0.1, 0.15) is 23.7 Å². The molecule has 2 nitrogen and oxygen atoms in total. The van der Waals surface area contributed by atoms with Crippen LogP contribution in [-0.2, 0) is 0 Å². The van der Waals surface area contributed by atoms with E-state index in [-0.39, 0.29) is 11.9 Å². The molecule has 0 aromatic heterocycles. The maximum Gasteiger partial charge on any atom is 0.251 e. The van der Waals surface area contributed by atoms with Crippen molar-refractivity contribution in [1.29, 1.82) is 0 Å². The molecule has 1 unspecified atom stereocenters. The van der Waals surface area contributed by atoms with Gasteiger partial charge < -0.3 is 5.32 Å². The molecule has 16 heavy (non-hydrogen) atoms. The molecule has 1 N–H and O–H groups in total. The summed E-state index contributed by atoms with van der Waals surface area (Å²) in [5.41, 5.74) is 0.316. The van der Waals surface area contributed by atoms with E-state index in [1.165, 1.54) is 12.1 Å². The number of carbonyl (C=O) groups excluding carboxylic acids is 1. The Labute approximate surface area is 103 Å². The summed E-state index contributed by atoms with van der Waals surface area (Å²) in [5, 5.41) is 2.75. The first-order valence-electron chi connectivity index (χ1n) is 4.91. The van der Waals surface area contributed by atoms with Crippen LogP contribution >= 0.6 is 15.9 Å². The van der Waals surface area contributed by atoms with Gasteiger partial charge in [0.15, 0.2) is 0 Å². The van der Waals surface area contributed by atoms with E-state index in [0.717, 1.165) is 0 Å². The van der Waals surface area contributed by atoms with Crippen LogP contribution in [0.5, 0.6) is 0 Å². The highest BCUT2D eigenvalue weighted by Crippen LogP contribution is 2.16. The van der Waals surface area contributed by atoms with Crippen molar-refractivity contribution in [1.82, 2.24) is 5.32 Å². The molecular formula is C12H13BrFNO. The molecule has 1 amide bonds. The van der Waals surface area contributed by atoms with Crippen LogP contribution in [-0.4, -0.2) is 11.9 Å². The van der Waals surface area contributed by atoms with Crippen LogP contribution in [0.25, 0.3) is 0 Å². The Hall–Kier alpha value is -1.16. The first-order chi connectivity index (χ1) is 7.54. The fourth-order valence-corrected chi connectivity index (χ4v) is 1.50. The normalized spacial score (nSPS) is 11.9. The number of rotatable bonds is 4. The molecule has 1 aromatic rings. The van der Waals surface area contributed by atoms with Gasteiger partial charge in [-0.15, -0.1) is 6.58 Å². The van der Waals surface area contributed by atoms with Gasteiger partial charge in [0.25, 0.3) is 5.91 Å². The minimum atomic E-state index is -0.441. The summed E-state index contributed by atoms with van der Waals surface area (Å²) in [6.45, 7) is 5.46. The summed E-state index contributed by atoms with van der Waals surface area (Å²) in [4.78, 5) is 11.7. The first-order valence-corrected chi connectivity index (χ1v) is 5.70. The van der Waals surface area contributed by atoms with Gasteiger partial charge in [0.1, 0.15) is 5.82 Å². The number of carbonyl (C=O) groups is 1. The van der Waals surface area contributed by atoms with Gasteiger partial charge >= 0.3 is 0 Å². The largest absolute Gasteiger partial charge is 0.349 e. The maximum atomic E-state index is 13.2. The average molecular weight is 286 g/mol. The third-order valence-corrected chi connectivity index (χ3v) is 2.72. The Morgan fingerprint density at radius 2 is 2.38 bits per heavy atom. The number of halogens is 2. The highest BCUT2D eigenvalue weighted by Gasteiger charge is 2.10. The molecule has 0 saturated carbocycles. The topological polar surface area (TPSA) is 29.1 Å². The zero-order chi connectivity index (χ0) is 12.1. The second kappa shape index (κ2) is 5.80. The van der Waals surface area contributed by atoms with Crippen LogP contribution < -0.4 is 5.32 Å². The van der Waals surface area contributed by atoms with Crippen molar-refractivity contribution in [2.75, 3.05) is 0 Å². The van der Waals surface area contributed by atoms with Crippen molar-refractivity contribution in [3.8, 4) is 0 Å². The molecule has 86 valence electrons. The van der Waals surface area contributed by atoms with E-state index in [2.05, 4.69) is 27.8 Å². The summed E-state index contributed by atoms with van der Waals surface area (Å²) in [6.07, 6.45) is 2.41. The number of amides is 1. The quantitative estimate of drug-likeness (QED) is 0.845. The van der Waals surface area contributed by atoms with Crippen molar-refractivity contribution in [2.45, 2.75) is 19.4 Å². The third-order valence-electron chi connectivity index (χ3n) is 2.08. The Balaban J connectivity index is 2.73. The van der Waals surface area contributed by atoms with E-state index >= 15 is 0 Å². The van der Waals surface area contributed by atoms with Crippen LogP contribution in [0.2, 0.25) is 0 Å². The standard InChI is InChI=1S/C12H13BrFNO/c1-3-4-8(2)15-12(16)9-5-6-10(13)11(14)7-9/h3,5-8H,1,4H2,2H3,(H,15,16). The molecule has 0 aliphatic carbocycles. The van der Waals surface area contributed by atoms with E-state index in [0.29, 0.717) is 16.5 Å². The minimum absolute atomic E-state index is 0.00305. The lowest BCUT2D eigenvalue weighted by Crippen LogP contribution is -2.32. The zero-order valence-corrected chi connectivity index (χ0v) is 10.6. The highest BCUT2D eigenvalue weighted by molar-refractivity contribution is 9.10. The van der Waals surface area contributed by atoms with Crippen molar-refractivity contribution in [3.63, 3.8) is 0 Å². The van der Waals surface area contributed by atoms with Crippen molar-refractivity contribution >= 4 is 21.8 Å². The lowest BCUT2D eigenvalue weighted by atomic mass is 10.1. The second-order valence-corrected chi connectivity index (χ2v) is 4.38. The molecule has 0 spiro atoms. The number of nitrogens with one attached hydrogen (secondary N) is 1. The number of hydrogen-bond acceptors (Lipinski definition) is 1. The van der Waals surface area contributed by atoms with Gasteiger partial charge in [-0.2, -0.15) is 0 Å². The lowest BCUT2D eigenvalue weighted by molar-refractivity contribution is 0.0940. The van der Waals surface area contributed by atoms with E-state index < -0.39 is 5.82 Å². The Kier molecular flexibility index (Phi) is 4.68. The molecule has 1 rings (SSSR count). The van der Waals surface area contributed by atoms with Crippen molar-refractivity contribution in [2.24, 2.45) is 0 Å². The molecule has 1 aromatic carbocycles. The molecule has 4 heteroatoms. The van der Waals surface area contributed by atoms with Crippen LogP contribution in [0.3, 0.4) is 0 Å². The van der Waals surface area contributed by atoms with E-state index in [1.807, 2.05) is 6.92 Å². The smallest absolute Gasteiger partial charge is 0.251 e. The van der Waals surface area contributed by atoms with Gasteiger partial charge in [-0.1, -0.05) is 6.08 Å². The van der Waals surface area contributed by atoms with Gasteiger partial charge in [-0.05, 0) is 47.5 Å². The molecular weight excluding hydrogens is 273 g/mol. The number of benzene rings is 1. The SMILES string of the molecule is C=CCC(C)NC(=O)c1ccc(Br)c(F)c1. The fourth-order valence-electron chi connectivity index (χ4n) is 1.25. The highest BCUT2D eigenvalue weighted by atomic mass is 79.9. The van der Waals surface area contributed by atoms with Gasteiger partial charge in [-0.25, -0.2) is 4.39 Å². The Bertz CT molecular complexity index is 406. The predicted molar refractivity (Wildman–Crippen MR) is 65.8 cm³/mol. The van der Waals surface area contributed by atoms with Crippen LogP contribution in [0.4, 0.5) is 4.39 Å². The third kappa shape index (κ3) is 3.45. The molecule has 0 heterocycles. The van der Waals surface area contributed by atoms with Gasteiger partial charge in [0, 0.05) is 11.6 Å². The summed E-state index contributed by atoms with van der Waals surface area (Å²) >= 11 is 3.03. The summed E-state index contributed by atoms with van der Waals surface area (Å²) in [5.74, 6) is -0.718. The predicted octanol–water partition coefficient (Wildman–Crippen LogP) is 3.28. The summed E-state index contributed by atoms with van der Waals surface area (Å²) in [7, 11) is 0. The van der Waals surface area contributed by atoms with Crippen molar-refractivity contribution in [3.05, 3.63) is 46.7 Å². The zero-order valence-electron chi connectivity index (χ0n) is 8.97. The molecule has 1 atom stereocenters. The van der Waals surface area contributed by atoms with Gasteiger partial charge in [0.05, 0.1) is 4.47 Å². The Morgan fingerprint density at radius 3 is 2.94 bits per heavy atom. The molecule has 0 radical (unpaired) electrons. The van der Waals surface area contributed by atoms with Gasteiger partial charge in [-0.3, -0.25) is 4.79 Å². The van der Waals surface area contributed by atoms with Crippen molar-refractivity contribution < 1.29 is 9.18 Å². The summed E-state index contributed by atoms with van der Waals surface area (Å²) in [6, 6.07) is 4.29. The molecule has 0 aliphatic heterocycles. The van der Waals surface area contributed by atoms with Crippen LogP contribution in [0.15, 0.2) is 35.3 Å². The maximum absolute atomic E-state index is 13.2.